The topological polar surface area (TPSA) is 144 Å². The van der Waals surface area contributed by atoms with Crippen molar-refractivity contribution in [1.29, 1.82) is 0 Å². The van der Waals surface area contributed by atoms with E-state index in [4.69, 9.17) is 0 Å². The molecule has 0 aromatic heterocycles. The Hall–Kier alpha value is -3.12. The second-order valence-corrected chi connectivity index (χ2v) is 6.08. The monoisotopic (exact) mass is 356 g/mol. The number of hydrazine groups is 1. The van der Waals surface area contributed by atoms with Crippen molar-refractivity contribution in [2.45, 2.75) is 4.90 Å². The Kier molecular flexibility index (Phi) is 4.71. The molecule has 2 N–H and O–H groups in total. The first-order valence-corrected chi connectivity index (χ1v) is 7.65. The van der Waals surface area contributed by atoms with Gasteiger partial charge in [0.05, 0.1) is 20.8 Å². The molecule has 126 valence electrons. The highest BCUT2D eigenvalue weighted by molar-refractivity contribution is 7.89. The van der Waals surface area contributed by atoms with Crippen LogP contribution < -0.4 is 10.3 Å². The maximum Gasteiger partial charge on any atom is 0.300 e. The summed E-state index contributed by atoms with van der Waals surface area (Å²) in [7, 11) is -4.13. The van der Waals surface area contributed by atoms with E-state index < -0.39 is 37.1 Å². The van der Waals surface area contributed by atoms with Crippen molar-refractivity contribution >= 4 is 27.1 Å². The average Bonchev–Trinajstić information content (AvgIpc) is 2.53. The predicted octanol–water partition coefficient (Wildman–Crippen LogP) is 1.95. The van der Waals surface area contributed by atoms with Crippen molar-refractivity contribution < 1.29 is 22.7 Å². The molecule has 2 aromatic carbocycles. The summed E-state index contributed by atoms with van der Waals surface area (Å²) in [6.07, 6.45) is 0. The van der Waals surface area contributed by atoms with E-state index in [9.17, 15) is 33.0 Å². The quantitative estimate of drug-likeness (QED) is 0.594. The van der Waals surface area contributed by atoms with Gasteiger partial charge in [0.25, 0.3) is 15.7 Å². The van der Waals surface area contributed by atoms with Gasteiger partial charge >= 0.3 is 5.69 Å². The van der Waals surface area contributed by atoms with E-state index >= 15 is 0 Å². The first kappa shape index (κ1) is 17.2. The molecule has 0 saturated carbocycles. The normalized spacial score (nSPS) is 11.0. The molecule has 12 heteroatoms. The van der Waals surface area contributed by atoms with Gasteiger partial charge in [-0.2, -0.15) is 0 Å². The lowest BCUT2D eigenvalue weighted by atomic mass is 10.2. The average molecular weight is 356 g/mol. The Labute approximate surface area is 134 Å². The van der Waals surface area contributed by atoms with Crippen LogP contribution in [0.15, 0.2) is 47.4 Å². The van der Waals surface area contributed by atoms with Gasteiger partial charge in [0.1, 0.15) is 11.5 Å². The van der Waals surface area contributed by atoms with Crippen LogP contribution in [0, 0.1) is 26.0 Å². The second-order valence-electron chi connectivity index (χ2n) is 4.40. The number of nitro groups is 2. The molecule has 0 heterocycles. The number of sulfonamides is 1. The van der Waals surface area contributed by atoms with E-state index in [1.807, 2.05) is 4.83 Å². The fourth-order valence-corrected chi connectivity index (χ4v) is 2.54. The maximum absolute atomic E-state index is 12.8. The summed E-state index contributed by atoms with van der Waals surface area (Å²) >= 11 is 0. The van der Waals surface area contributed by atoms with Gasteiger partial charge in [0.2, 0.25) is 0 Å². The largest absolute Gasteiger partial charge is 0.302 e. The molecule has 0 saturated heterocycles. The molecule has 0 atom stereocenters. The molecular weight excluding hydrogens is 347 g/mol. The summed E-state index contributed by atoms with van der Waals surface area (Å²) in [5, 5.41) is 21.6. The van der Waals surface area contributed by atoms with Gasteiger partial charge in [-0.05, 0) is 30.3 Å². The van der Waals surface area contributed by atoms with Gasteiger partial charge < -0.3 is 5.43 Å². The Balaban J connectivity index is 2.26. The number of nitrogens with zero attached hydrogens (tertiary/aromatic N) is 2. The second kappa shape index (κ2) is 6.55. The number of nitrogens with one attached hydrogen (secondary N) is 2. The Morgan fingerprint density at radius 2 is 1.58 bits per heavy atom. The first-order valence-electron chi connectivity index (χ1n) is 6.17. The summed E-state index contributed by atoms with van der Waals surface area (Å²) in [6, 6.07) is 6.53. The van der Waals surface area contributed by atoms with Gasteiger partial charge in [-0.3, -0.25) is 20.2 Å². The van der Waals surface area contributed by atoms with E-state index in [0.717, 1.165) is 36.4 Å². The Morgan fingerprint density at radius 3 is 2.12 bits per heavy atom. The number of hydrogen-bond donors (Lipinski definition) is 2. The highest BCUT2D eigenvalue weighted by atomic mass is 32.2. The van der Waals surface area contributed by atoms with Gasteiger partial charge in [0.15, 0.2) is 0 Å². The Morgan fingerprint density at radius 1 is 0.958 bits per heavy atom. The molecule has 0 unspecified atom stereocenters. The van der Waals surface area contributed by atoms with Crippen LogP contribution >= 0.6 is 0 Å². The summed E-state index contributed by atoms with van der Waals surface area (Å²) in [6.45, 7) is 0. The minimum absolute atomic E-state index is 0.277. The molecular formula is C12H9FN4O6S. The van der Waals surface area contributed by atoms with Crippen LogP contribution in [0.1, 0.15) is 0 Å². The van der Waals surface area contributed by atoms with Crippen LogP contribution in [0.3, 0.4) is 0 Å². The summed E-state index contributed by atoms with van der Waals surface area (Å²) in [5.41, 5.74) is 0.614. The SMILES string of the molecule is O=[N+]([O-])c1ccc(NNS(=O)(=O)c2ccc(F)cc2)c([N+](=O)[O-])c1. The number of nitro benzene ring substituents is 2. The van der Waals surface area contributed by atoms with E-state index in [0.29, 0.717) is 6.07 Å². The third-order valence-corrected chi connectivity index (χ3v) is 4.10. The zero-order valence-electron chi connectivity index (χ0n) is 11.7. The van der Waals surface area contributed by atoms with Gasteiger partial charge in [-0.1, -0.05) is 0 Å². The third kappa shape index (κ3) is 3.80. The number of benzene rings is 2. The lowest BCUT2D eigenvalue weighted by Gasteiger charge is -2.09. The fourth-order valence-electron chi connectivity index (χ4n) is 1.69. The van der Waals surface area contributed by atoms with Crippen molar-refractivity contribution in [3.63, 3.8) is 0 Å². The standard InChI is InChI=1S/C12H9FN4O6S/c13-8-1-4-10(5-2-8)24(22,23)15-14-11-6-3-9(16(18)19)7-12(11)17(20)21/h1-7,14-15H. The van der Waals surface area contributed by atoms with Crippen LogP contribution in [-0.4, -0.2) is 18.3 Å². The highest BCUT2D eigenvalue weighted by Gasteiger charge is 2.21. The zero-order chi connectivity index (χ0) is 17.9. The first-order chi connectivity index (χ1) is 11.2. The lowest BCUT2D eigenvalue weighted by molar-refractivity contribution is -0.393. The van der Waals surface area contributed by atoms with Gasteiger partial charge in [0, 0.05) is 6.07 Å². The molecule has 0 spiro atoms. The van der Waals surface area contributed by atoms with Crippen LogP contribution in [0.4, 0.5) is 21.5 Å². The van der Waals surface area contributed by atoms with Crippen molar-refractivity contribution in [1.82, 2.24) is 4.83 Å². The van der Waals surface area contributed by atoms with Crippen LogP contribution in [-0.2, 0) is 10.0 Å². The molecule has 0 aliphatic carbocycles. The smallest absolute Gasteiger partial charge is 0.300 e. The molecule has 2 rings (SSSR count). The predicted molar refractivity (Wildman–Crippen MR) is 80.1 cm³/mol. The summed E-state index contributed by atoms with van der Waals surface area (Å²) in [4.78, 5) is 21.5. The molecule has 2 aromatic rings. The number of halogens is 1. The highest BCUT2D eigenvalue weighted by Crippen LogP contribution is 2.28. The fraction of sp³-hybridized carbons (Fsp3) is 0. The van der Waals surface area contributed by atoms with E-state index in [-0.39, 0.29) is 10.6 Å². The molecule has 0 fully saturated rings. The van der Waals surface area contributed by atoms with Crippen molar-refractivity contribution in [3.8, 4) is 0 Å². The molecule has 0 bridgehead atoms. The van der Waals surface area contributed by atoms with Crippen LogP contribution in [0.25, 0.3) is 0 Å². The molecule has 0 amide bonds. The summed E-state index contributed by atoms with van der Waals surface area (Å²) in [5.74, 6) is -0.632. The molecule has 0 aliphatic rings. The van der Waals surface area contributed by atoms with Crippen molar-refractivity contribution in [2.75, 3.05) is 5.43 Å². The lowest BCUT2D eigenvalue weighted by Crippen LogP contribution is -2.29. The van der Waals surface area contributed by atoms with E-state index in [1.165, 1.54) is 0 Å². The molecule has 0 radical (unpaired) electrons. The number of rotatable bonds is 6. The van der Waals surface area contributed by atoms with Crippen molar-refractivity contribution in [3.05, 3.63) is 68.5 Å². The number of non-ortho nitro benzene ring substituents is 1. The van der Waals surface area contributed by atoms with E-state index in [1.54, 1.807) is 0 Å². The molecule has 0 aliphatic heterocycles. The number of hydrogen-bond acceptors (Lipinski definition) is 7. The number of anilines is 1. The minimum Gasteiger partial charge on any atom is -0.302 e. The minimum atomic E-state index is -4.13. The van der Waals surface area contributed by atoms with Gasteiger partial charge in [-0.25, -0.2) is 12.8 Å². The van der Waals surface area contributed by atoms with Gasteiger partial charge in [-0.15, -0.1) is 4.83 Å². The van der Waals surface area contributed by atoms with Crippen LogP contribution in [0.5, 0.6) is 0 Å². The van der Waals surface area contributed by atoms with Crippen molar-refractivity contribution in [2.24, 2.45) is 0 Å². The van der Waals surface area contributed by atoms with Crippen LogP contribution in [0.2, 0.25) is 0 Å². The molecule has 10 nitrogen and oxygen atoms in total. The van der Waals surface area contributed by atoms with E-state index in [2.05, 4.69) is 5.43 Å². The third-order valence-electron chi connectivity index (χ3n) is 2.83. The zero-order valence-corrected chi connectivity index (χ0v) is 12.5. The summed E-state index contributed by atoms with van der Waals surface area (Å²) < 4.78 is 36.8. The molecule has 24 heavy (non-hydrogen) atoms. The Bertz CT molecular complexity index is 900. The maximum atomic E-state index is 12.8.